The minimum absolute atomic E-state index is 0.00873. The van der Waals surface area contributed by atoms with Crippen LogP contribution in [-0.4, -0.2) is 33.3 Å². The minimum Gasteiger partial charge on any atom is -0.494 e. The van der Waals surface area contributed by atoms with Crippen LogP contribution in [0.3, 0.4) is 0 Å². The quantitative estimate of drug-likeness (QED) is 0.788. The predicted molar refractivity (Wildman–Crippen MR) is 84.8 cm³/mol. The second-order valence-corrected chi connectivity index (χ2v) is 4.63. The van der Waals surface area contributed by atoms with Crippen LogP contribution in [-0.2, 0) is 19.1 Å². The summed E-state index contributed by atoms with van der Waals surface area (Å²) < 4.78 is 28.4. The Labute approximate surface area is 138 Å². The number of carbonyl (C=O) groups excluding carboxylic acids is 2. The van der Waals surface area contributed by atoms with Gasteiger partial charge in [-0.2, -0.15) is 0 Å². The molecule has 0 saturated carbocycles. The van der Waals surface area contributed by atoms with Gasteiger partial charge in [-0.15, -0.1) is 0 Å². The van der Waals surface area contributed by atoms with Crippen LogP contribution in [0.2, 0.25) is 0 Å². The minimum atomic E-state index is -0.761. The molecule has 1 aromatic carbocycles. The number of methoxy groups -OCH3 is 3. The van der Waals surface area contributed by atoms with Gasteiger partial charge in [-0.1, -0.05) is 6.08 Å². The molecule has 0 N–H and O–H groups in total. The molecule has 0 spiro atoms. The molecule has 24 heavy (non-hydrogen) atoms. The average molecular weight is 333 g/mol. The molecule has 0 aliphatic carbocycles. The highest BCUT2D eigenvalue weighted by Crippen LogP contribution is 2.29. The van der Waals surface area contributed by atoms with E-state index in [0.717, 1.165) is 0 Å². The van der Waals surface area contributed by atoms with Gasteiger partial charge in [-0.05, 0) is 24.3 Å². The fourth-order valence-electron chi connectivity index (χ4n) is 2.17. The number of carbonyl (C=O) groups is 2. The molecule has 0 atom stereocenters. The van der Waals surface area contributed by atoms with Crippen LogP contribution < -0.4 is 9.64 Å². The molecule has 1 aromatic rings. The predicted octanol–water partition coefficient (Wildman–Crippen LogP) is 2.32. The highest BCUT2D eigenvalue weighted by Gasteiger charge is 2.27. The lowest BCUT2D eigenvalue weighted by molar-refractivity contribution is -0.139. The third kappa shape index (κ3) is 3.29. The Bertz CT molecular complexity index is 751. The topological polar surface area (TPSA) is 65.1 Å². The standard InChI is InChI=1S/C17H16FNO5/c1-22-14-8-7-11(10-13(14)18)19-9-5-4-6-12(16(20)23-2)15(19)17(21)24-3/h4-10H,1-3H3. The van der Waals surface area contributed by atoms with Gasteiger partial charge in [-0.3, -0.25) is 0 Å². The van der Waals surface area contributed by atoms with Gasteiger partial charge in [0, 0.05) is 18.0 Å². The maximum absolute atomic E-state index is 14.0. The lowest BCUT2D eigenvalue weighted by Gasteiger charge is -2.23. The number of halogens is 1. The van der Waals surface area contributed by atoms with Crippen molar-refractivity contribution in [2.45, 2.75) is 0 Å². The molecule has 0 unspecified atom stereocenters. The smallest absolute Gasteiger partial charge is 0.355 e. The van der Waals surface area contributed by atoms with E-state index < -0.39 is 17.8 Å². The molecule has 0 radical (unpaired) electrons. The molecular formula is C17H16FNO5. The molecule has 0 saturated heterocycles. The van der Waals surface area contributed by atoms with Crippen LogP contribution in [0.4, 0.5) is 10.1 Å². The SMILES string of the molecule is COC(=O)C1=C(C(=O)OC)N(c2ccc(OC)c(F)c2)C=CC=C1. The Morgan fingerprint density at radius 2 is 1.75 bits per heavy atom. The molecular weight excluding hydrogens is 317 g/mol. The molecule has 0 aromatic heterocycles. The molecule has 126 valence electrons. The summed E-state index contributed by atoms with van der Waals surface area (Å²) in [5.41, 5.74) is 0.222. The van der Waals surface area contributed by atoms with E-state index >= 15 is 0 Å². The number of anilines is 1. The van der Waals surface area contributed by atoms with Crippen LogP contribution in [0.15, 0.2) is 53.9 Å². The van der Waals surface area contributed by atoms with E-state index in [1.54, 1.807) is 18.2 Å². The van der Waals surface area contributed by atoms with Crippen molar-refractivity contribution < 1.29 is 28.2 Å². The summed E-state index contributed by atoms with van der Waals surface area (Å²) in [4.78, 5) is 25.6. The number of nitrogens with zero attached hydrogens (tertiary/aromatic N) is 1. The Morgan fingerprint density at radius 1 is 1.04 bits per heavy atom. The summed E-state index contributed by atoms with van der Waals surface area (Å²) in [6.07, 6.45) is 6.10. The highest BCUT2D eigenvalue weighted by atomic mass is 19.1. The van der Waals surface area contributed by atoms with Crippen LogP contribution in [0.1, 0.15) is 0 Å². The van der Waals surface area contributed by atoms with Crippen LogP contribution >= 0.6 is 0 Å². The fourth-order valence-corrected chi connectivity index (χ4v) is 2.17. The van der Waals surface area contributed by atoms with Gasteiger partial charge in [0.05, 0.1) is 26.9 Å². The maximum atomic E-state index is 14.0. The van der Waals surface area contributed by atoms with Gasteiger partial charge in [0.2, 0.25) is 0 Å². The van der Waals surface area contributed by atoms with Crippen molar-refractivity contribution >= 4 is 17.6 Å². The molecule has 1 heterocycles. The third-order valence-corrected chi connectivity index (χ3v) is 3.30. The zero-order valence-electron chi connectivity index (χ0n) is 13.4. The maximum Gasteiger partial charge on any atom is 0.355 e. The first-order chi connectivity index (χ1) is 11.5. The van der Waals surface area contributed by atoms with Gasteiger partial charge < -0.3 is 19.1 Å². The zero-order valence-corrected chi connectivity index (χ0v) is 13.4. The van der Waals surface area contributed by atoms with Crippen LogP contribution in [0, 0.1) is 5.82 Å². The van der Waals surface area contributed by atoms with Crippen LogP contribution in [0.5, 0.6) is 5.75 Å². The Morgan fingerprint density at radius 3 is 2.33 bits per heavy atom. The monoisotopic (exact) mass is 333 g/mol. The van der Waals surface area contributed by atoms with Crippen molar-refractivity contribution in [2.75, 3.05) is 26.2 Å². The van der Waals surface area contributed by atoms with Gasteiger partial charge in [0.15, 0.2) is 11.6 Å². The first kappa shape index (κ1) is 17.3. The van der Waals surface area contributed by atoms with Crippen molar-refractivity contribution in [3.63, 3.8) is 0 Å². The number of hydrogen-bond acceptors (Lipinski definition) is 6. The summed E-state index contributed by atoms with van der Waals surface area (Å²) in [6, 6.07) is 4.16. The molecule has 0 bridgehead atoms. The average Bonchev–Trinajstić information content (AvgIpc) is 2.83. The molecule has 7 heteroatoms. The van der Waals surface area contributed by atoms with Crippen LogP contribution in [0.25, 0.3) is 0 Å². The molecule has 2 rings (SSSR count). The van der Waals surface area contributed by atoms with E-state index in [1.807, 2.05) is 0 Å². The molecule has 0 fully saturated rings. The Kier molecular flexibility index (Phi) is 5.36. The van der Waals surface area contributed by atoms with Crippen molar-refractivity contribution in [3.05, 3.63) is 59.7 Å². The number of rotatable bonds is 4. The van der Waals surface area contributed by atoms with E-state index in [1.165, 1.54) is 50.6 Å². The van der Waals surface area contributed by atoms with E-state index in [9.17, 15) is 14.0 Å². The van der Waals surface area contributed by atoms with Crippen molar-refractivity contribution in [1.82, 2.24) is 0 Å². The second-order valence-electron chi connectivity index (χ2n) is 4.63. The van der Waals surface area contributed by atoms with Crippen molar-refractivity contribution in [3.8, 4) is 5.75 Å². The lowest BCUT2D eigenvalue weighted by Crippen LogP contribution is -2.27. The first-order valence-electron chi connectivity index (χ1n) is 6.92. The fraction of sp³-hybridized carbons (Fsp3) is 0.176. The molecule has 6 nitrogen and oxygen atoms in total. The normalized spacial score (nSPS) is 13.6. The van der Waals surface area contributed by atoms with Crippen molar-refractivity contribution in [1.29, 1.82) is 0 Å². The number of benzene rings is 1. The molecule has 1 aliphatic heterocycles. The van der Waals surface area contributed by atoms with E-state index in [4.69, 9.17) is 14.2 Å². The van der Waals surface area contributed by atoms with Gasteiger partial charge in [0.25, 0.3) is 0 Å². The number of ether oxygens (including phenoxy) is 3. The summed E-state index contributed by atoms with van der Waals surface area (Å²) >= 11 is 0. The number of hydrogen-bond donors (Lipinski definition) is 0. The largest absolute Gasteiger partial charge is 0.494 e. The summed E-state index contributed by atoms with van der Waals surface area (Å²) in [7, 11) is 3.74. The number of allylic oxidation sites excluding steroid dienone is 2. The van der Waals surface area contributed by atoms with E-state index in [2.05, 4.69) is 0 Å². The molecule has 0 amide bonds. The Hall–Kier alpha value is -3.09. The molecule has 1 aliphatic rings. The summed E-state index contributed by atoms with van der Waals surface area (Å²) in [6.45, 7) is 0. The Balaban J connectivity index is 2.63. The second kappa shape index (κ2) is 7.45. The van der Waals surface area contributed by atoms with Gasteiger partial charge >= 0.3 is 11.9 Å². The zero-order chi connectivity index (χ0) is 17.7. The van der Waals surface area contributed by atoms with E-state index in [0.29, 0.717) is 5.69 Å². The lowest BCUT2D eigenvalue weighted by atomic mass is 10.1. The van der Waals surface area contributed by atoms with Gasteiger partial charge in [0.1, 0.15) is 5.70 Å². The van der Waals surface area contributed by atoms with Gasteiger partial charge in [-0.25, -0.2) is 14.0 Å². The van der Waals surface area contributed by atoms with E-state index in [-0.39, 0.29) is 17.0 Å². The van der Waals surface area contributed by atoms with Crippen molar-refractivity contribution in [2.24, 2.45) is 0 Å². The summed E-state index contributed by atoms with van der Waals surface area (Å²) in [5, 5.41) is 0. The summed E-state index contributed by atoms with van der Waals surface area (Å²) in [5.74, 6) is -2.02. The first-order valence-corrected chi connectivity index (χ1v) is 6.92. The third-order valence-electron chi connectivity index (χ3n) is 3.30. The number of esters is 2. The highest BCUT2D eigenvalue weighted by molar-refractivity contribution is 6.05.